The minimum Gasteiger partial charge on any atom is -0.378 e. The third-order valence-electron chi connectivity index (χ3n) is 3.61. The molecule has 3 nitrogen and oxygen atoms in total. The molecule has 0 amide bonds. The Bertz CT molecular complexity index is 344. The number of ether oxygens (including phenoxy) is 1. The molecular formula is C15H24N2O. The van der Waals surface area contributed by atoms with Crippen LogP contribution in [0.1, 0.15) is 43.9 Å². The largest absolute Gasteiger partial charge is 0.378 e. The van der Waals surface area contributed by atoms with Gasteiger partial charge in [-0.25, -0.2) is 0 Å². The quantitative estimate of drug-likeness (QED) is 0.871. The average Bonchev–Trinajstić information content (AvgIpc) is 2.40. The van der Waals surface area contributed by atoms with E-state index in [1.165, 1.54) is 18.4 Å². The first-order valence-corrected chi connectivity index (χ1v) is 7.09. The van der Waals surface area contributed by atoms with Crippen LogP contribution in [0.2, 0.25) is 0 Å². The number of aromatic nitrogens is 1. The van der Waals surface area contributed by atoms with E-state index in [1.54, 1.807) is 0 Å². The van der Waals surface area contributed by atoms with Gasteiger partial charge in [0.1, 0.15) is 0 Å². The minimum atomic E-state index is 0.160. The molecule has 0 spiro atoms. The summed E-state index contributed by atoms with van der Waals surface area (Å²) in [5, 5.41) is 0. The van der Waals surface area contributed by atoms with E-state index in [2.05, 4.69) is 24.0 Å². The van der Waals surface area contributed by atoms with Gasteiger partial charge in [-0.1, -0.05) is 13.0 Å². The van der Waals surface area contributed by atoms with Crippen LogP contribution in [0.4, 0.5) is 0 Å². The number of hydrogen-bond donors (Lipinski definition) is 1. The molecule has 2 heterocycles. The van der Waals surface area contributed by atoms with E-state index in [0.29, 0.717) is 6.10 Å². The van der Waals surface area contributed by atoms with E-state index >= 15 is 0 Å². The molecule has 2 rings (SSSR count). The van der Waals surface area contributed by atoms with Crippen LogP contribution in [0.15, 0.2) is 18.3 Å². The summed E-state index contributed by atoms with van der Waals surface area (Å²) >= 11 is 0. The summed E-state index contributed by atoms with van der Waals surface area (Å²) in [4.78, 5) is 4.46. The molecule has 0 saturated carbocycles. The molecule has 100 valence electrons. The van der Waals surface area contributed by atoms with Crippen LogP contribution in [0.25, 0.3) is 0 Å². The first kappa shape index (κ1) is 13.5. The monoisotopic (exact) mass is 248 g/mol. The van der Waals surface area contributed by atoms with E-state index in [-0.39, 0.29) is 6.04 Å². The number of pyridine rings is 1. The van der Waals surface area contributed by atoms with Gasteiger partial charge in [0.25, 0.3) is 0 Å². The predicted molar refractivity (Wildman–Crippen MR) is 73.5 cm³/mol. The molecule has 1 aromatic heterocycles. The van der Waals surface area contributed by atoms with Gasteiger partial charge in [0.05, 0.1) is 6.10 Å². The lowest BCUT2D eigenvalue weighted by molar-refractivity contribution is 0.00743. The molecule has 0 aromatic carbocycles. The lowest BCUT2D eigenvalue weighted by Gasteiger charge is -2.25. The molecule has 0 bridgehead atoms. The summed E-state index contributed by atoms with van der Waals surface area (Å²) in [5.41, 5.74) is 8.56. The highest BCUT2D eigenvalue weighted by molar-refractivity contribution is 5.14. The van der Waals surface area contributed by atoms with Gasteiger partial charge in [-0.15, -0.1) is 0 Å². The lowest BCUT2D eigenvalue weighted by atomic mass is 9.99. The number of nitrogens with two attached hydrogens (primary N) is 1. The Balaban J connectivity index is 1.80. The summed E-state index contributed by atoms with van der Waals surface area (Å²) < 4.78 is 5.72. The molecule has 0 radical (unpaired) electrons. The number of nitrogens with zero attached hydrogens (tertiary/aromatic N) is 1. The van der Waals surface area contributed by atoms with Gasteiger partial charge in [0, 0.05) is 31.0 Å². The van der Waals surface area contributed by atoms with Gasteiger partial charge in [-0.05, 0) is 43.7 Å². The van der Waals surface area contributed by atoms with Crippen LogP contribution in [-0.2, 0) is 17.6 Å². The summed E-state index contributed by atoms with van der Waals surface area (Å²) in [7, 11) is 0. The normalized spacial score (nSPS) is 21.8. The Morgan fingerprint density at radius 1 is 1.44 bits per heavy atom. The first-order valence-electron chi connectivity index (χ1n) is 7.09. The molecule has 18 heavy (non-hydrogen) atoms. The Hall–Kier alpha value is -0.930. The average molecular weight is 248 g/mol. The maximum Gasteiger partial charge on any atom is 0.0590 e. The van der Waals surface area contributed by atoms with E-state index < -0.39 is 0 Å². The molecule has 2 N–H and O–H groups in total. The number of aryl methyl sites for hydroxylation is 1. The van der Waals surface area contributed by atoms with Crippen LogP contribution in [0, 0.1) is 0 Å². The van der Waals surface area contributed by atoms with Crippen LogP contribution in [-0.4, -0.2) is 23.7 Å². The third-order valence-corrected chi connectivity index (χ3v) is 3.61. The molecule has 1 aliphatic rings. The van der Waals surface area contributed by atoms with Crippen molar-refractivity contribution in [2.45, 2.75) is 57.6 Å². The fourth-order valence-electron chi connectivity index (χ4n) is 2.47. The Morgan fingerprint density at radius 3 is 2.94 bits per heavy atom. The lowest BCUT2D eigenvalue weighted by Crippen LogP contribution is -2.31. The maximum atomic E-state index is 6.19. The number of rotatable bonds is 5. The molecule has 2 unspecified atom stereocenters. The molecule has 1 aromatic rings. The third kappa shape index (κ3) is 4.07. The van der Waals surface area contributed by atoms with Gasteiger partial charge < -0.3 is 10.5 Å². The second kappa shape index (κ2) is 6.86. The van der Waals surface area contributed by atoms with Gasteiger partial charge in [0.2, 0.25) is 0 Å². The van der Waals surface area contributed by atoms with Crippen molar-refractivity contribution >= 4 is 0 Å². The molecular weight excluding hydrogens is 224 g/mol. The van der Waals surface area contributed by atoms with Crippen molar-refractivity contribution < 1.29 is 4.74 Å². The smallest absolute Gasteiger partial charge is 0.0590 e. The zero-order valence-corrected chi connectivity index (χ0v) is 11.3. The summed E-state index contributed by atoms with van der Waals surface area (Å²) in [5.74, 6) is 0. The van der Waals surface area contributed by atoms with E-state index in [9.17, 15) is 0 Å². The SMILES string of the molecule is CCc1ccc(CC(N)CC2CCCCO2)nc1. The topological polar surface area (TPSA) is 48.1 Å². The Labute approximate surface area is 110 Å². The predicted octanol–water partition coefficient (Wildman–Crippen LogP) is 2.47. The first-order chi connectivity index (χ1) is 8.78. The Kier molecular flexibility index (Phi) is 5.14. The summed E-state index contributed by atoms with van der Waals surface area (Å²) in [6.45, 7) is 3.05. The van der Waals surface area contributed by atoms with Crippen LogP contribution < -0.4 is 5.73 Å². The van der Waals surface area contributed by atoms with Crippen LogP contribution >= 0.6 is 0 Å². The van der Waals surface area contributed by atoms with Crippen LogP contribution in [0.3, 0.4) is 0 Å². The number of hydrogen-bond acceptors (Lipinski definition) is 3. The zero-order valence-electron chi connectivity index (χ0n) is 11.3. The second-order valence-electron chi connectivity index (χ2n) is 5.20. The van der Waals surface area contributed by atoms with E-state index in [0.717, 1.165) is 38.0 Å². The van der Waals surface area contributed by atoms with Crippen molar-refractivity contribution in [3.05, 3.63) is 29.6 Å². The highest BCUT2D eigenvalue weighted by Crippen LogP contribution is 2.17. The standard InChI is InChI=1S/C15H24N2O/c1-2-12-6-7-14(17-11-12)9-13(16)10-15-5-3-4-8-18-15/h6-7,11,13,15H,2-5,8-10,16H2,1H3. The van der Waals surface area contributed by atoms with Crippen molar-refractivity contribution in [1.29, 1.82) is 0 Å². The van der Waals surface area contributed by atoms with Crippen molar-refractivity contribution in [2.75, 3.05) is 6.61 Å². The van der Waals surface area contributed by atoms with Gasteiger partial charge in [-0.3, -0.25) is 4.98 Å². The van der Waals surface area contributed by atoms with Crippen molar-refractivity contribution in [1.82, 2.24) is 4.98 Å². The summed E-state index contributed by atoms with van der Waals surface area (Å²) in [6, 6.07) is 4.40. The second-order valence-corrected chi connectivity index (χ2v) is 5.20. The van der Waals surface area contributed by atoms with E-state index in [1.807, 2.05) is 6.20 Å². The molecule has 3 heteroatoms. The van der Waals surface area contributed by atoms with Gasteiger partial charge in [-0.2, -0.15) is 0 Å². The highest BCUT2D eigenvalue weighted by Gasteiger charge is 2.17. The van der Waals surface area contributed by atoms with Crippen LogP contribution in [0.5, 0.6) is 0 Å². The van der Waals surface area contributed by atoms with Crippen molar-refractivity contribution in [3.8, 4) is 0 Å². The molecule has 2 atom stereocenters. The zero-order chi connectivity index (χ0) is 12.8. The molecule has 0 aliphatic carbocycles. The summed E-state index contributed by atoms with van der Waals surface area (Å²) in [6.07, 6.45) is 8.81. The van der Waals surface area contributed by atoms with Gasteiger partial charge >= 0.3 is 0 Å². The molecule has 1 saturated heterocycles. The molecule has 1 fully saturated rings. The minimum absolute atomic E-state index is 0.160. The maximum absolute atomic E-state index is 6.19. The molecule has 1 aliphatic heterocycles. The fraction of sp³-hybridized carbons (Fsp3) is 0.667. The Morgan fingerprint density at radius 2 is 2.33 bits per heavy atom. The van der Waals surface area contributed by atoms with Gasteiger partial charge in [0.15, 0.2) is 0 Å². The fourth-order valence-corrected chi connectivity index (χ4v) is 2.47. The van der Waals surface area contributed by atoms with Crippen molar-refractivity contribution in [2.24, 2.45) is 5.73 Å². The van der Waals surface area contributed by atoms with E-state index in [4.69, 9.17) is 10.5 Å². The van der Waals surface area contributed by atoms with Crippen molar-refractivity contribution in [3.63, 3.8) is 0 Å². The highest BCUT2D eigenvalue weighted by atomic mass is 16.5.